The molecule has 2 heterocycles. The third-order valence-corrected chi connectivity index (χ3v) is 18.2. The maximum Gasteiger partial charge on any atom is 0.336 e. The molecule has 0 aliphatic rings. The summed E-state index contributed by atoms with van der Waals surface area (Å²) < 4.78 is 70.9. The molecule has 7 aromatic carbocycles. The van der Waals surface area contributed by atoms with Crippen LogP contribution in [0.5, 0.6) is 5.75 Å². The topological polar surface area (TPSA) is 413 Å². The molecule has 528 valence electrons. The molecule has 6 amide bonds. The van der Waals surface area contributed by atoms with Crippen LogP contribution in [0.25, 0.3) is 22.4 Å². The fraction of sp³-hybridized carbons (Fsp3) is 0.239. The van der Waals surface area contributed by atoms with Crippen molar-refractivity contribution >= 4 is 66.5 Å². The van der Waals surface area contributed by atoms with Crippen molar-refractivity contribution in [2.24, 2.45) is 11.3 Å². The van der Waals surface area contributed by atoms with Crippen molar-refractivity contribution in [1.82, 2.24) is 47.0 Å². The zero-order chi connectivity index (χ0) is 73.6. The van der Waals surface area contributed by atoms with Gasteiger partial charge in [0.2, 0.25) is 37.8 Å². The first kappa shape index (κ1) is 78.2. The van der Waals surface area contributed by atoms with E-state index in [1.54, 1.807) is 117 Å². The summed E-state index contributed by atoms with van der Waals surface area (Å²) >= 11 is 0. The predicted molar refractivity (Wildman–Crippen MR) is 368 cm³/mol. The first-order valence-corrected chi connectivity index (χ1v) is 33.8. The van der Waals surface area contributed by atoms with Gasteiger partial charge in [0.15, 0.2) is 0 Å². The van der Waals surface area contributed by atoms with Gasteiger partial charge in [-0.3, -0.25) is 49.6 Å². The Kier molecular flexibility index (Phi) is 27.9. The van der Waals surface area contributed by atoms with E-state index >= 15 is 0 Å². The first-order chi connectivity index (χ1) is 47.3. The molecule has 9 rings (SSSR count). The Balaban J connectivity index is 0.000000213. The number of nitrogens with zero attached hydrogens (tertiary/aromatic N) is 1. The zero-order valence-electron chi connectivity index (χ0n) is 56.2. The molecule has 0 aliphatic carbocycles. The van der Waals surface area contributed by atoms with Crippen molar-refractivity contribution in [2.75, 3.05) is 7.11 Å². The number of fused-ring (bicyclic) bond motifs is 1. The van der Waals surface area contributed by atoms with Gasteiger partial charge in [0, 0.05) is 56.8 Å². The van der Waals surface area contributed by atoms with Crippen LogP contribution in [0.2, 0.25) is 0 Å². The molecule has 0 radical (unpaired) electrons. The molecule has 27 nitrogen and oxygen atoms in total. The van der Waals surface area contributed by atoms with E-state index in [-0.39, 0.29) is 57.2 Å². The fourth-order valence-electron chi connectivity index (χ4n) is 9.38. The normalized spacial score (nSPS) is 12.4. The van der Waals surface area contributed by atoms with Crippen LogP contribution in [0.1, 0.15) is 155 Å². The molecular weight excluding hydrogens is 1330 g/mol. The number of methoxy groups -OCH3 is 1. The van der Waals surface area contributed by atoms with Gasteiger partial charge in [0.05, 0.1) is 41.1 Å². The molecule has 0 saturated heterocycles. The van der Waals surface area contributed by atoms with Crippen LogP contribution in [0.15, 0.2) is 205 Å². The molecule has 29 heteroatoms. The second-order valence-corrected chi connectivity index (χ2v) is 27.3. The Bertz CT molecular complexity index is 4570. The van der Waals surface area contributed by atoms with Gasteiger partial charge in [-0.25, -0.2) is 58.0 Å². The molecule has 0 saturated carbocycles. The van der Waals surface area contributed by atoms with Crippen molar-refractivity contribution in [3.05, 3.63) is 248 Å². The third-order valence-electron chi connectivity index (χ3n) is 15.1. The van der Waals surface area contributed by atoms with E-state index in [1.165, 1.54) is 84.8 Å². The van der Waals surface area contributed by atoms with Crippen LogP contribution in [-0.2, 0) is 36.1 Å². The van der Waals surface area contributed by atoms with Crippen LogP contribution < -0.4 is 52.4 Å². The van der Waals surface area contributed by atoms with Gasteiger partial charge in [0.1, 0.15) is 17.1 Å². The van der Waals surface area contributed by atoms with Gasteiger partial charge >= 0.3 is 5.63 Å². The van der Waals surface area contributed by atoms with Crippen LogP contribution in [-0.4, -0.2) is 85.2 Å². The number of carbonyl (C=O) groups excluding carboxylic acids is 6. The molecule has 9 aromatic rings. The lowest BCUT2D eigenvalue weighted by molar-refractivity contribution is -0.129. The molecule has 4 atom stereocenters. The number of nitrogens with one attached hydrogen (secondary N) is 8. The summed E-state index contributed by atoms with van der Waals surface area (Å²) in [6.07, 6.45) is 0.108. The summed E-state index contributed by atoms with van der Waals surface area (Å²) in [5, 5.41) is 40.9. The second-order valence-electron chi connectivity index (χ2n) is 23.9. The average molecular weight is 1410 g/mol. The molecule has 0 spiro atoms. The van der Waals surface area contributed by atoms with E-state index < -0.39 is 66.8 Å². The summed E-state index contributed by atoms with van der Waals surface area (Å²) in [5.41, 5.74) is 11.4. The maximum atomic E-state index is 12.7. The largest absolute Gasteiger partial charge is 0.497 e. The van der Waals surface area contributed by atoms with E-state index in [1.807, 2.05) is 71.9 Å². The Morgan fingerprint density at radius 1 is 0.510 bits per heavy atom. The van der Waals surface area contributed by atoms with Gasteiger partial charge in [-0.2, -0.15) is 0 Å². The molecule has 3 unspecified atom stereocenters. The van der Waals surface area contributed by atoms with Gasteiger partial charge in [-0.05, 0) is 165 Å². The van der Waals surface area contributed by atoms with Crippen molar-refractivity contribution in [3.63, 3.8) is 0 Å². The number of amides is 6. The number of ether oxygens (including phenoxy) is 1. The number of carbonyl (C=O) groups is 6. The van der Waals surface area contributed by atoms with Crippen molar-refractivity contribution < 1.29 is 80.0 Å². The molecule has 100 heavy (non-hydrogen) atoms. The molecule has 2 aromatic heterocycles. The lowest BCUT2D eigenvalue weighted by atomic mass is 9.94. The predicted octanol–water partition coefficient (Wildman–Crippen LogP) is 9.66. The second kappa shape index (κ2) is 35.7. The van der Waals surface area contributed by atoms with Crippen LogP contribution in [0.4, 0.5) is 0 Å². The third kappa shape index (κ3) is 22.1. The number of benzene rings is 7. The Labute approximate surface area is 577 Å². The number of sulfonamides is 2. The smallest absolute Gasteiger partial charge is 0.336 e. The highest BCUT2D eigenvalue weighted by Gasteiger charge is 2.26. The number of hydrogen-bond donors (Lipinski definition) is 12. The summed E-state index contributed by atoms with van der Waals surface area (Å²) in [6, 6.07) is 46.9. The number of hydroxylamine groups is 4. The Hall–Kier alpha value is -10.8. The van der Waals surface area contributed by atoms with Gasteiger partial charge in [0.25, 0.3) is 23.6 Å². The van der Waals surface area contributed by atoms with Crippen LogP contribution in [0.3, 0.4) is 0 Å². The Morgan fingerprint density at radius 2 is 0.930 bits per heavy atom. The lowest BCUT2D eigenvalue weighted by Crippen LogP contribution is -2.36. The SMILES string of the molecule is CC(NS(=O)(=O)c1ccc2oc(=O)ccc2c1)c1ccc(C(=O)NO)cc1.COc1ccc(S(=O)(=O)NC(C)c2ccc(C(=O)NO)cc2)cc1.C[C@H](NC(=O)C(C)(C)C)c1ccc(C(=O)NO)cc1.Cc1oc(-c2ccccc2)nc1CC(=O)NC(c1ccc(C(=O)NO)cc1)C(C)C. The zero-order valence-corrected chi connectivity index (χ0v) is 57.8. The van der Waals surface area contributed by atoms with E-state index in [9.17, 15) is 50.4 Å². The van der Waals surface area contributed by atoms with E-state index in [2.05, 4.69) is 25.1 Å². The molecule has 0 bridgehead atoms. The highest BCUT2D eigenvalue weighted by atomic mass is 32.2. The average Bonchev–Trinajstić information content (AvgIpc) is 1.26. The van der Waals surface area contributed by atoms with E-state index in [0.29, 0.717) is 56.3 Å². The molecule has 12 N–H and O–H groups in total. The van der Waals surface area contributed by atoms with Crippen molar-refractivity contribution in [2.45, 2.75) is 103 Å². The number of hydrogen-bond acceptors (Lipinski definition) is 19. The highest BCUT2D eigenvalue weighted by Crippen LogP contribution is 2.27. The standard InChI is InChI=1S/C23H25N3O4.C18H16N2O6S.C16H18N2O5S.C14H20N2O3/c1-14(2)21(16-9-11-17(12-10-16)22(28)26-29)25-20(27)13-19-15(3)30-23(24-19)18-7-5-4-6-8-18;1-11(12-2-4-13(5-3-12)18(22)19-23)20-27(24,25)15-7-8-16-14(10-15)6-9-17(21)26-16;1-11(12-3-5-13(6-4-12)16(19)17-20)18-24(21,22)15-9-7-14(23-2)8-10-15;1-9(15-13(18)14(2,3)4)10-5-7-11(8-6-10)12(17)16-19/h4-12,14,21,29H,13H2,1-3H3,(H,25,27)(H,26,28);2-11,20,23H,1H3,(H,19,22);3-11,18,20H,1-2H3,(H,17,19);5-9,19H,1-4H3,(H,15,18)(H,16,17)/t;;;9-/m...0/s1. The minimum Gasteiger partial charge on any atom is -0.497 e. The summed E-state index contributed by atoms with van der Waals surface area (Å²) in [4.78, 5) is 85.8. The van der Waals surface area contributed by atoms with E-state index in [0.717, 1.165) is 16.7 Å². The fourth-order valence-corrected chi connectivity index (χ4v) is 11.9. The number of oxazole rings is 1. The number of aryl methyl sites for hydroxylation is 1. The van der Waals surface area contributed by atoms with Crippen LogP contribution in [0, 0.1) is 18.3 Å². The summed E-state index contributed by atoms with van der Waals surface area (Å²) in [5.74, 6) is -0.812. The Morgan fingerprint density at radius 3 is 1.35 bits per heavy atom. The minimum absolute atomic E-state index is 0.0304. The number of aromatic nitrogens is 1. The molecule has 0 fully saturated rings. The lowest BCUT2D eigenvalue weighted by Gasteiger charge is -2.23. The monoisotopic (exact) mass is 1410 g/mol. The van der Waals surface area contributed by atoms with Gasteiger partial charge < -0.3 is 24.2 Å². The highest BCUT2D eigenvalue weighted by molar-refractivity contribution is 7.89. The van der Waals surface area contributed by atoms with Gasteiger partial charge in [-0.15, -0.1) is 0 Å². The molecule has 0 aliphatic heterocycles. The molecular formula is C71H79N9O18S2. The maximum absolute atomic E-state index is 12.7. The quantitative estimate of drug-likeness (QED) is 0.0181. The summed E-state index contributed by atoms with van der Waals surface area (Å²) in [6.45, 7) is 16.6. The van der Waals surface area contributed by atoms with Gasteiger partial charge in [-0.1, -0.05) is 101 Å². The summed E-state index contributed by atoms with van der Waals surface area (Å²) in [7, 11) is -6.01. The van der Waals surface area contributed by atoms with Crippen molar-refractivity contribution in [3.8, 4) is 17.2 Å². The number of rotatable bonds is 21. The van der Waals surface area contributed by atoms with Crippen LogP contribution >= 0.6 is 0 Å². The minimum atomic E-state index is -3.83. The first-order valence-electron chi connectivity index (χ1n) is 30.8. The van der Waals surface area contributed by atoms with E-state index in [4.69, 9.17) is 34.4 Å². The van der Waals surface area contributed by atoms with Crippen molar-refractivity contribution in [1.29, 1.82) is 0 Å².